The number of hydrogen-bond donors (Lipinski definition) is 1. The highest BCUT2D eigenvalue weighted by Gasteiger charge is 2.54. The Morgan fingerprint density at radius 2 is 2.15 bits per heavy atom. The third-order valence-corrected chi connectivity index (χ3v) is 7.16. The molecular formula is C21H26N2O2S. The van der Waals surface area contributed by atoms with Crippen LogP contribution in [0.5, 0.6) is 0 Å². The second-order valence-electron chi connectivity index (χ2n) is 8.13. The number of nitrogens with zero attached hydrogens (tertiary/aromatic N) is 2. The van der Waals surface area contributed by atoms with Crippen molar-refractivity contribution in [3.63, 3.8) is 0 Å². The van der Waals surface area contributed by atoms with Crippen LogP contribution >= 0.6 is 11.3 Å². The van der Waals surface area contributed by atoms with Gasteiger partial charge in [-0.3, -0.25) is 9.69 Å². The molecule has 4 nitrogen and oxygen atoms in total. The molecule has 1 aromatic carbocycles. The SMILES string of the molecule is CC(C)c1ccc(-c2ncc(CN3C[C@@H]4CCC[C@@]4(C(=O)O)C3)s2)cc1. The predicted molar refractivity (Wildman–Crippen MR) is 104 cm³/mol. The van der Waals surface area contributed by atoms with Crippen molar-refractivity contribution in [3.05, 3.63) is 40.9 Å². The Balaban J connectivity index is 1.45. The summed E-state index contributed by atoms with van der Waals surface area (Å²) in [6.45, 7) is 6.80. The van der Waals surface area contributed by atoms with Crippen LogP contribution in [0.2, 0.25) is 0 Å². The number of fused-ring (bicyclic) bond motifs is 1. The maximum atomic E-state index is 11.8. The number of carboxylic acid groups (broad SMARTS) is 1. The zero-order chi connectivity index (χ0) is 18.3. The summed E-state index contributed by atoms with van der Waals surface area (Å²) in [4.78, 5) is 20.0. The number of rotatable bonds is 5. The minimum Gasteiger partial charge on any atom is -0.481 e. The van der Waals surface area contributed by atoms with E-state index in [1.165, 1.54) is 10.4 Å². The Morgan fingerprint density at radius 1 is 1.38 bits per heavy atom. The molecule has 5 heteroatoms. The van der Waals surface area contributed by atoms with Gasteiger partial charge in [0.25, 0.3) is 0 Å². The molecule has 0 amide bonds. The summed E-state index contributed by atoms with van der Waals surface area (Å²) < 4.78 is 0. The van der Waals surface area contributed by atoms with E-state index in [9.17, 15) is 9.90 Å². The first kappa shape index (κ1) is 17.7. The smallest absolute Gasteiger partial charge is 0.311 e. The normalized spacial score (nSPS) is 25.7. The van der Waals surface area contributed by atoms with E-state index in [1.807, 2.05) is 6.20 Å². The molecule has 2 aromatic rings. The molecule has 4 rings (SSSR count). The third kappa shape index (κ3) is 3.08. The van der Waals surface area contributed by atoms with Crippen molar-refractivity contribution < 1.29 is 9.90 Å². The van der Waals surface area contributed by atoms with Gasteiger partial charge in [0, 0.05) is 36.3 Å². The van der Waals surface area contributed by atoms with Gasteiger partial charge >= 0.3 is 5.97 Å². The summed E-state index contributed by atoms with van der Waals surface area (Å²) >= 11 is 1.72. The van der Waals surface area contributed by atoms with Gasteiger partial charge in [-0.2, -0.15) is 0 Å². The van der Waals surface area contributed by atoms with Crippen LogP contribution in [0.15, 0.2) is 30.5 Å². The van der Waals surface area contributed by atoms with Crippen LogP contribution in [0, 0.1) is 11.3 Å². The average Bonchev–Trinajstić information content (AvgIpc) is 3.29. The van der Waals surface area contributed by atoms with Gasteiger partial charge in [0.2, 0.25) is 0 Å². The zero-order valence-corrected chi connectivity index (χ0v) is 16.3. The van der Waals surface area contributed by atoms with Crippen molar-refractivity contribution in [1.29, 1.82) is 0 Å². The fraction of sp³-hybridized carbons (Fsp3) is 0.524. The summed E-state index contributed by atoms with van der Waals surface area (Å²) in [5.74, 6) is 0.251. The molecule has 1 aromatic heterocycles. The first-order valence-electron chi connectivity index (χ1n) is 9.49. The van der Waals surface area contributed by atoms with Gasteiger partial charge in [0.15, 0.2) is 0 Å². The summed E-state index contributed by atoms with van der Waals surface area (Å²) in [5, 5.41) is 10.8. The van der Waals surface area contributed by atoms with Gasteiger partial charge in [-0.1, -0.05) is 44.5 Å². The van der Waals surface area contributed by atoms with Crippen molar-refractivity contribution in [2.75, 3.05) is 13.1 Å². The van der Waals surface area contributed by atoms with Crippen LogP contribution in [0.25, 0.3) is 10.6 Å². The number of aromatic nitrogens is 1. The molecule has 0 unspecified atom stereocenters. The number of benzene rings is 1. The van der Waals surface area contributed by atoms with E-state index in [2.05, 4.69) is 48.0 Å². The van der Waals surface area contributed by atoms with Gasteiger partial charge in [0.05, 0.1) is 5.41 Å². The minimum atomic E-state index is -0.599. The van der Waals surface area contributed by atoms with Crippen molar-refractivity contribution in [2.24, 2.45) is 11.3 Å². The van der Waals surface area contributed by atoms with E-state index < -0.39 is 11.4 Å². The van der Waals surface area contributed by atoms with E-state index in [-0.39, 0.29) is 0 Å². The summed E-state index contributed by atoms with van der Waals surface area (Å²) in [5.41, 5.74) is 2.00. The first-order chi connectivity index (χ1) is 12.5. The largest absolute Gasteiger partial charge is 0.481 e. The fourth-order valence-electron chi connectivity index (χ4n) is 4.61. The molecule has 2 atom stereocenters. The highest BCUT2D eigenvalue weighted by atomic mass is 32.1. The lowest BCUT2D eigenvalue weighted by Crippen LogP contribution is -2.35. The molecule has 138 valence electrons. The molecule has 1 aliphatic carbocycles. The quantitative estimate of drug-likeness (QED) is 0.834. The highest BCUT2D eigenvalue weighted by Crippen LogP contribution is 2.49. The Hall–Kier alpha value is -1.72. The van der Waals surface area contributed by atoms with Crippen molar-refractivity contribution in [3.8, 4) is 10.6 Å². The van der Waals surface area contributed by atoms with E-state index in [1.54, 1.807) is 11.3 Å². The number of likely N-dealkylation sites (tertiary alicyclic amines) is 1. The average molecular weight is 371 g/mol. The molecule has 2 fully saturated rings. The second kappa shape index (κ2) is 6.78. The second-order valence-corrected chi connectivity index (χ2v) is 9.24. The molecule has 1 saturated heterocycles. The van der Waals surface area contributed by atoms with Crippen LogP contribution in [-0.4, -0.2) is 34.0 Å². The number of carbonyl (C=O) groups is 1. The van der Waals surface area contributed by atoms with Crippen molar-refractivity contribution in [2.45, 2.75) is 45.6 Å². The van der Waals surface area contributed by atoms with Crippen molar-refractivity contribution >= 4 is 17.3 Å². The molecule has 2 aliphatic rings. The van der Waals surface area contributed by atoms with Gasteiger partial charge in [-0.25, -0.2) is 4.98 Å². The third-order valence-electron chi connectivity index (χ3n) is 6.12. The molecular weight excluding hydrogens is 344 g/mol. The van der Waals surface area contributed by atoms with Gasteiger partial charge in [-0.05, 0) is 30.2 Å². The van der Waals surface area contributed by atoms with Crippen LogP contribution in [0.1, 0.15) is 49.5 Å². The van der Waals surface area contributed by atoms with Crippen LogP contribution in [-0.2, 0) is 11.3 Å². The molecule has 0 spiro atoms. The number of aliphatic carboxylic acids is 1. The Morgan fingerprint density at radius 3 is 2.81 bits per heavy atom. The van der Waals surface area contributed by atoms with Crippen LogP contribution in [0.3, 0.4) is 0 Å². The fourth-order valence-corrected chi connectivity index (χ4v) is 5.57. The van der Waals surface area contributed by atoms with Crippen molar-refractivity contribution in [1.82, 2.24) is 9.88 Å². The number of thiazole rings is 1. The first-order valence-corrected chi connectivity index (χ1v) is 10.3. The van der Waals surface area contributed by atoms with E-state index in [0.717, 1.165) is 42.9 Å². The highest BCUT2D eigenvalue weighted by molar-refractivity contribution is 7.15. The monoisotopic (exact) mass is 370 g/mol. The summed E-state index contributed by atoms with van der Waals surface area (Å²) in [7, 11) is 0. The van der Waals surface area contributed by atoms with E-state index in [4.69, 9.17) is 0 Å². The van der Waals surface area contributed by atoms with E-state index in [0.29, 0.717) is 18.4 Å². The van der Waals surface area contributed by atoms with Gasteiger partial charge < -0.3 is 5.11 Å². The topological polar surface area (TPSA) is 53.4 Å². The van der Waals surface area contributed by atoms with Gasteiger partial charge in [-0.15, -0.1) is 11.3 Å². The zero-order valence-electron chi connectivity index (χ0n) is 15.4. The molecule has 0 radical (unpaired) electrons. The molecule has 0 bridgehead atoms. The van der Waals surface area contributed by atoms with E-state index >= 15 is 0 Å². The number of carboxylic acids is 1. The lowest BCUT2D eigenvalue weighted by Gasteiger charge is -2.23. The van der Waals surface area contributed by atoms with Crippen LogP contribution < -0.4 is 0 Å². The standard InChI is InChI=1S/C21H26N2O2S/c1-14(2)15-5-7-16(8-6-15)19-22-10-18(26-19)12-23-11-17-4-3-9-21(17,13-23)20(24)25/h5-8,10,14,17H,3-4,9,11-13H2,1-2H3,(H,24,25)/t17-,21+/m0/s1. The molecule has 1 N–H and O–H groups in total. The lowest BCUT2D eigenvalue weighted by atomic mass is 9.81. The Kier molecular flexibility index (Phi) is 4.61. The Labute approximate surface area is 158 Å². The lowest BCUT2D eigenvalue weighted by molar-refractivity contribution is -0.149. The van der Waals surface area contributed by atoms with Gasteiger partial charge in [0.1, 0.15) is 5.01 Å². The number of hydrogen-bond acceptors (Lipinski definition) is 4. The predicted octanol–water partition coefficient (Wildman–Crippen LogP) is 4.62. The minimum absolute atomic E-state index is 0.316. The Bertz CT molecular complexity index is 799. The molecule has 2 heterocycles. The molecule has 26 heavy (non-hydrogen) atoms. The summed E-state index contributed by atoms with van der Waals surface area (Å²) in [6, 6.07) is 8.66. The maximum Gasteiger partial charge on any atom is 0.311 e. The summed E-state index contributed by atoms with van der Waals surface area (Å²) in [6.07, 6.45) is 4.90. The molecule has 1 saturated carbocycles. The van der Waals surface area contributed by atoms with Crippen LogP contribution in [0.4, 0.5) is 0 Å². The maximum absolute atomic E-state index is 11.8. The molecule has 1 aliphatic heterocycles.